The number of nitrogens with zero attached hydrogens (tertiary/aromatic N) is 1. The van der Waals surface area contributed by atoms with Crippen LogP contribution >= 0.6 is 23.2 Å². The van der Waals surface area contributed by atoms with Gasteiger partial charge in [-0.3, -0.25) is 9.69 Å². The number of ether oxygens (including phenoxy) is 1. The number of phenolic OH excluding ortho intramolecular Hbond substituents is 1. The molecule has 182 valence electrons. The minimum atomic E-state index is -0.198. The van der Waals surface area contributed by atoms with Gasteiger partial charge in [0.15, 0.2) is 0 Å². The van der Waals surface area contributed by atoms with Gasteiger partial charge in [-0.2, -0.15) is 0 Å². The van der Waals surface area contributed by atoms with Crippen molar-refractivity contribution in [3.05, 3.63) is 76.3 Å². The van der Waals surface area contributed by atoms with Gasteiger partial charge in [0, 0.05) is 37.6 Å². The molecule has 5 nitrogen and oxygen atoms in total. The van der Waals surface area contributed by atoms with Crippen LogP contribution in [0.2, 0.25) is 10.0 Å². The number of carbonyl (C=O) groups is 1. The van der Waals surface area contributed by atoms with Crippen LogP contribution in [0.25, 0.3) is 0 Å². The molecule has 7 heteroatoms. The van der Waals surface area contributed by atoms with Crippen molar-refractivity contribution in [2.45, 2.75) is 43.2 Å². The maximum atomic E-state index is 13.0. The number of hydrogen-bond acceptors (Lipinski definition) is 4. The average molecular weight is 503 g/mol. The molecular formula is C27H32Cl2N2O3. The first-order valence-corrected chi connectivity index (χ1v) is 12.5. The number of likely N-dealkylation sites (tertiary alicyclic amines) is 1. The number of carbonyl (C=O) groups excluding carboxylic acids is 1. The number of phenols is 1. The Morgan fingerprint density at radius 2 is 2.12 bits per heavy atom. The third-order valence-corrected chi connectivity index (χ3v) is 8.18. The Labute approximate surface area is 211 Å². The molecule has 34 heavy (non-hydrogen) atoms. The predicted octanol–water partition coefficient (Wildman–Crippen LogP) is 4.98. The Morgan fingerprint density at radius 1 is 1.29 bits per heavy atom. The lowest BCUT2D eigenvalue weighted by molar-refractivity contribution is -0.123. The molecule has 0 radical (unpaired) electrons. The Bertz CT molecular complexity index is 1050. The number of nitrogens with one attached hydrogen (secondary N) is 1. The summed E-state index contributed by atoms with van der Waals surface area (Å²) in [6, 6.07) is 12.8. The number of fused-ring (bicyclic) bond motifs is 1. The second-order valence-corrected chi connectivity index (χ2v) is 10.3. The van der Waals surface area contributed by atoms with Crippen LogP contribution in [0.15, 0.2) is 55.1 Å². The van der Waals surface area contributed by atoms with Crippen molar-refractivity contribution in [3.8, 4) is 5.75 Å². The van der Waals surface area contributed by atoms with Crippen LogP contribution in [-0.2, 0) is 21.4 Å². The Morgan fingerprint density at radius 3 is 2.82 bits per heavy atom. The van der Waals surface area contributed by atoms with Gasteiger partial charge in [-0.25, -0.2) is 0 Å². The quantitative estimate of drug-likeness (QED) is 0.524. The maximum absolute atomic E-state index is 13.0. The first-order valence-electron chi connectivity index (χ1n) is 11.7. The summed E-state index contributed by atoms with van der Waals surface area (Å²) in [7, 11) is 1.75. The monoisotopic (exact) mass is 502 g/mol. The van der Waals surface area contributed by atoms with Crippen LogP contribution < -0.4 is 5.32 Å². The topological polar surface area (TPSA) is 61.8 Å². The van der Waals surface area contributed by atoms with Crippen LogP contribution in [0.1, 0.15) is 30.4 Å². The molecule has 1 heterocycles. The predicted molar refractivity (Wildman–Crippen MR) is 137 cm³/mol. The Balaban J connectivity index is 1.58. The zero-order chi connectivity index (χ0) is 24.3. The molecule has 0 bridgehead atoms. The molecule has 1 aliphatic carbocycles. The van der Waals surface area contributed by atoms with Crippen LogP contribution in [0, 0.1) is 5.92 Å². The number of rotatable bonds is 7. The number of aromatic hydroxyl groups is 1. The van der Waals surface area contributed by atoms with Gasteiger partial charge in [0.05, 0.1) is 22.6 Å². The number of hydrogen-bond donors (Lipinski definition) is 2. The first-order chi connectivity index (χ1) is 16.3. The van der Waals surface area contributed by atoms with Gasteiger partial charge in [0.2, 0.25) is 5.91 Å². The van der Waals surface area contributed by atoms with Crippen molar-refractivity contribution in [1.82, 2.24) is 10.2 Å². The van der Waals surface area contributed by atoms with E-state index in [1.807, 2.05) is 24.3 Å². The van der Waals surface area contributed by atoms with Crippen molar-refractivity contribution in [2.24, 2.45) is 5.92 Å². The molecule has 1 saturated carbocycles. The summed E-state index contributed by atoms with van der Waals surface area (Å²) in [5.41, 5.74) is 1.74. The summed E-state index contributed by atoms with van der Waals surface area (Å²) in [5, 5.41) is 14.4. The second kappa shape index (κ2) is 10.7. The fourth-order valence-corrected chi connectivity index (χ4v) is 6.23. The van der Waals surface area contributed by atoms with E-state index in [-0.39, 0.29) is 41.6 Å². The molecule has 2 aromatic carbocycles. The molecule has 1 saturated heterocycles. The molecule has 4 atom stereocenters. The van der Waals surface area contributed by atoms with Gasteiger partial charge in [0.1, 0.15) is 5.75 Å². The summed E-state index contributed by atoms with van der Waals surface area (Å²) in [5.74, 6) is 0.460. The van der Waals surface area contributed by atoms with Crippen LogP contribution in [-0.4, -0.2) is 54.8 Å². The van der Waals surface area contributed by atoms with Crippen LogP contribution in [0.4, 0.5) is 0 Å². The Kier molecular flexibility index (Phi) is 7.88. The lowest BCUT2D eigenvalue weighted by Gasteiger charge is -2.55. The molecule has 4 rings (SSSR count). The van der Waals surface area contributed by atoms with E-state index in [1.165, 1.54) is 0 Å². The molecule has 1 aliphatic heterocycles. The van der Waals surface area contributed by atoms with E-state index in [1.54, 1.807) is 25.3 Å². The molecule has 2 aliphatic rings. The number of methoxy groups -OCH3 is 1. The molecule has 2 aromatic rings. The highest BCUT2D eigenvalue weighted by Crippen LogP contribution is 2.50. The normalized spacial score (nSPS) is 27.1. The minimum Gasteiger partial charge on any atom is -0.508 e. The van der Waals surface area contributed by atoms with Crippen molar-refractivity contribution in [1.29, 1.82) is 0 Å². The molecule has 2 N–H and O–H groups in total. The maximum Gasteiger partial charge on any atom is 0.224 e. The number of benzene rings is 2. The van der Waals surface area contributed by atoms with Gasteiger partial charge < -0.3 is 15.2 Å². The molecular weight excluding hydrogens is 471 g/mol. The summed E-state index contributed by atoms with van der Waals surface area (Å²) in [6.07, 6.45) is 4.64. The van der Waals surface area contributed by atoms with E-state index < -0.39 is 0 Å². The number of amides is 1. The lowest BCUT2D eigenvalue weighted by Crippen LogP contribution is -2.61. The van der Waals surface area contributed by atoms with Gasteiger partial charge in [-0.1, -0.05) is 47.5 Å². The van der Waals surface area contributed by atoms with Gasteiger partial charge in [-0.15, -0.1) is 6.58 Å². The third-order valence-electron chi connectivity index (χ3n) is 7.44. The average Bonchev–Trinajstić information content (AvgIpc) is 2.81. The Hall–Kier alpha value is -2.05. The standard InChI is InChI=1S/C27H32Cl2N2O3/c1-3-10-31-11-9-27(19-5-4-6-21(32)14-19)16-20(15-25(34-2)22(27)17-31)30-26(33)13-18-7-8-23(28)24(29)12-18/h3-8,12,14,20,22,25,32H,1,9-11,13,15-17H2,2H3,(H,30,33). The fraction of sp³-hybridized carbons (Fsp3) is 0.444. The zero-order valence-corrected chi connectivity index (χ0v) is 21.0. The van der Waals surface area contributed by atoms with E-state index in [4.69, 9.17) is 27.9 Å². The highest BCUT2D eigenvalue weighted by molar-refractivity contribution is 6.42. The lowest BCUT2D eigenvalue weighted by atomic mass is 9.57. The van der Waals surface area contributed by atoms with Gasteiger partial charge >= 0.3 is 0 Å². The van der Waals surface area contributed by atoms with Crippen molar-refractivity contribution < 1.29 is 14.6 Å². The fourth-order valence-electron chi connectivity index (χ4n) is 5.91. The largest absolute Gasteiger partial charge is 0.508 e. The van der Waals surface area contributed by atoms with Crippen LogP contribution in [0.5, 0.6) is 5.75 Å². The highest BCUT2D eigenvalue weighted by atomic mass is 35.5. The molecule has 2 fully saturated rings. The number of halogens is 2. The molecule has 0 aromatic heterocycles. The second-order valence-electron chi connectivity index (χ2n) is 9.51. The minimum absolute atomic E-state index is 0.0148. The summed E-state index contributed by atoms with van der Waals surface area (Å²) in [6.45, 7) is 6.57. The van der Waals surface area contributed by atoms with Gasteiger partial charge in [-0.05, 0) is 61.2 Å². The van der Waals surface area contributed by atoms with Crippen molar-refractivity contribution in [2.75, 3.05) is 26.7 Å². The molecule has 1 amide bonds. The zero-order valence-electron chi connectivity index (χ0n) is 19.5. The summed E-state index contributed by atoms with van der Waals surface area (Å²) >= 11 is 12.1. The van der Waals surface area contributed by atoms with E-state index >= 15 is 0 Å². The smallest absolute Gasteiger partial charge is 0.224 e. The molecule has 4 unspecified atom stereocenters. The number of piperidine rings is 1. The van der Waals surface area contributed by atoms with Crippen molar-refractivity contribution in [3.63, 3.8) is 0 Å². The van der Waals surface area contributed by atoms with Crippen LogP contribution in [0.3, 0.4) is 0 Å². The SMILES string of the molecule is C=CCN1CCC2(c3cccc(O)c3)CC(NC(=O)Cc3ccc(Cl)c(Cl)c3)CC(OC)C2C1. The summed E-state index contributed by atoms with van der Waals surface area (Å²) in [4.78, 5) is 15.4. The van der Waals surface area contributed by atoms with E-state index in [2.05, 4.69) is 22.9 Å². The van der Waals surface area contributed by atoms with E-state index in [0.29, 0.717) is 10.0 Å². The third kappa shape index (κ3) is 5.28. The van der Waals surface area contributed by atoms with Gasteiger partial charge in [0.25, 0.3) is 0 Å². The van der Waals surface area contributed by atoms with E-state index in [9.17, 15) is 9.90 Å². The first kappa shape index (κ1) is 25.1. The summed E-state index contributed by atoms with van der Waals surface area (Å²) < 4.78 is 6.02. The van der Waals surface area contributed by atoms with E-state index in [0.717, 1.165) is 50.0 Å². The highest BCUT2D eigenvalue weighted by Gasteiger charge is 2.52. The molecule has 0 spiro atoms. The van der Waals surface area contributed by atoms with Crippen molar-refractivity contribution >= 4 is 29.1 Å².